The first kappa shape index (κ1) is 15.4. The van der Waals surface area contributed by atoms with Gasteiger partial charge in [0.15, 0.2) is 6.04 Å². The summed E-state index contributed by atoms with van der Waals surface area (Å²) in [5.41, 5.74) is 1.49. The van der Waals surface area contributed by atoms with E-state index in [1.165, 1.54) is 7.11 Å². The topological polar surface area (TPSA) is 56.1 Å². The molecule has 0 aliphatic carbocycles. The molecule has 0 saturated heterocycles. The van der Waals surface area contributed by atoms with E-state index < -0.39 is 6.04 Å². The van der Waals surface area contributed by atoms with Crippen LogP contribution in [0.5, 0.6) is 0 Å². The molecule has 0 amide bonds. The minimum absolute atomic E-state index is 0.191. The third kappa shape index (κ3) is 3.55. The number of methoxy groups -OCH3 is 1. The van der Waals surface area contributed by atoms with Crippen LogP contribution in [-0.2, 0) is 9.53 Å². The minimum Gasteiger partial charge on any atom is -0.467 e. The second-order valence-electron chi connectivity index (χ2n) is 4.93. The predicted octanol–water partition coefficient (Wildman–Crippen LogP) is 3.44. The van der Waals surface area contributed by atoms with Gasteiger partial charge in [-0.1, -0.05) is 17.7 Å². The average Bonchev–Trinajstić information content (AvgIpc) is 2.93. The average molecular weight is 308 g/mol. The fourth-order valence-electron chi connectivity index (χ4n) is 2.09. The van der Waals surface area contributed by atoms with E-state index in [1.54, 1.807) is 24.7 Å². The van der Waals surface area contributed by atoms with Crippen LogP contribution in [0.15, 0.2) is 36.8 Å². The van der Waals surface area contributed by atoms with Gasteiger partial charge < -0.3 is 14.6 Å². The first-order valence-electron chi connectivity index (χ1n) is 6.64. The van der Waals surface area contributed by atoms with Crippen LogP contribution in [0, 0.1) is 0 Å². The van der Waals surface area contributed by atoms with E-state index in [4.69, 9.17) is 16.3 Å². The second kappa shape index (κ2) is 6.63. The first-order valence-corrected chi connectivity index (χ1v) is 7.02. The summed E-state index contributed by atoms with van der Waals surface area (Å²) in [5, 5.41) is 3.75. The molecule has 0 radical (unpaired) electrons. The summed E-state index contributed by atoms with van der Waals surface area (Å²) in [6.45, 7) is 4.05. The smallest absolute Gasteiger partial charge is 0.334 e. The molecule has 0 fully saturated rings. The molecule has 1 heterocycles. The maximum Gasteiger partial charge on any atom is 0.334 e. The summed E-state index contributed by atoms with van der Waals surface area (Å²) < 4.78 is 6.83. The van der Waals surface area contributed by atoms with Crippen LogP contribution in [0.3, 0.4) is 0 Å². The Labute approximate surface area is 128 Å². The van der Waals surface area contributed by atoms with Gasteiger partial charge in [0.1, 0.15) is 0 Å². The number of hydrogen-bond acceptors (Lipinski definition) is 4. The third-order valence-corrected chi connectivity index (χ3v) is 3.36. The molecular weight excluding hydrogens is 290 g/mol. The number of rotatable bonds is 5. The monoisotopic (exact) mass is 307 g/mol. The SMILES string of the molecule is COC(=O)C(Nc1cccc(Cl)c1)c1cncn1C(C)C. The number of aromatic nitrogens is 2. The van der Waals surface area contributed by atoms with Crippen LogP contribution in [0.1, 0.15) is 31.6 Å². The van der Waals surface area contributed by atoms with Gasteiger partial charge in [-0.2, -0.15) is 0 Å². The number of hydrogen-bond donors (Lipinski definition) is 1. The van der Waals surface area contributed by atoms with Crippen LogP contribution < -0.4 is 5.32 Å². The molecule has 1 aromatic heterocycles. The second-order valence-corrected chi connectivity index (χ2v) is 5.37. The molecule has 1 atom stereocenters. The van der Waals surface area contributed by atoms with Crippen LogP contribution in [0.2, 0.25) is 5.02 Å². The van der Waals surface area contributed by atoms with Gasteiger partial charge >= 0.3 is 5.97 Å². The maximum absolute atomic E-state index is 12.1. The van der Waals surface area contributed by atoms with E-state index in [0.29, 0.717) is 5.02 Å². The van der Waals surface area contributed by atoms with Gasteiger partial charge in [-0.05, 0) is 32.0 Å². The molecule has 0 bridgehead atoms. The molecule has 2 aromatic rings. The van der Waals surface area contributed by atoms with Gasteiger partial charge in [0.25, 0.3) is 0 Å². The summed E-state index contributed by atoms with van der Waals surface area (Å²) in [5.74, 6) is -0.377. The number of halogens is 1. The van der Waals surface area contributed by atoms with Crippen molar-refractivity contribution in [3.8, 4) is 0 Å². The van der Waals surface area contributed by atoms with Gasteiger partial charge in [0, 0.05) is 16.8 Å². The highest BCUT2D eigenvalue weighted by Gasteiger charge is 2.25. The Bertz CT molecular complexity index is 625. The Kier molecular flexibility index (Phi) is 4.85. The Hall–Kier alpha value is -2.01. The Morgan fingerprint density at radius 2 is 2.19 bits per heavy atom. The van der Waals surface area contributed by atoms with Crippen molar-refractivity contribution in [1.82, 2.24) is 9.55 Å². The summed E-state index contributed by atoms with van der Waals surface area (Å²) in [6, 6.07) is 6.75. The molecule has 0 saturated carbocycles. The zero-order valence-corrected chi connectivity index (χ0v) is 13.0. The van der Waals surface area contributed by atoms with Gasteiger partial charge in [-0.15, -0.1) is 0 Å². The van der Waals surface area contributed by atoms with E-state index in [2.05, 4.69) is 10.3 Å². The van der Waals surface area contributed by atoms with Crippen molar-refractivity contribution in [3.05, 3.63) is 47.5 Å². The van der Waals surface area contributed by atoms with Crippen molar-refractivity contribution < 1.29 is 9.53 Å². The summed E-state index contributed by atoms with van der Waals surface area (Å²) >= 11 is 5.97. The van der Waals surface area contributed by atoms with Crippen LogP contribution in [0.25, 0.3) is 0 Å². The van der Waals surface area contributed by atoms with Gasteiger partial charge in [-0.3, -0.25) is 0 Å². The van der Waals surface area contributed by atoms with Crippen LogP contribution in [0.4, 0.5) is 5.69 Å². The van der Waals surface area contributed by atoms with Gasteiger partial charge in [0.2, 0.25) is 0 Å². The normalized spacial score (nSPS) is 12.2. The molecule has 1 N–H and O–H groups in total. The number of carbonyl (C=O) groups is 1. The molecule has 0 spiro atoms. The molecule has 21 heavy (non-hydrogen) atoms. The number of ether oxygens (including phenoxy) is 1. The van der Waals surface area contributed by atoms with Gasteiger partial charge in [0.05, 0.1) is 25.3 Å². The number of carbonyl (C=O) groups excluding carboxylic acids is 1. The zero-order valence-electron chi connectivity index (χ0n) is 12.2. The van der Waals surface area contributed by atoms with Crippen molar-refractivity contribution in [2.45, 2.75) is 25.9 Å². The standard InChI is InChI=1S/C15H18ClN3O2/c1-10(2)19-9-17-8-13(19)14(15(20)21-3)18-12-6-4-5-11(16)7-12/h4-10,14,18H,1-3H3. The lowest BCUT2D eigenvalue weighted by atomic mass is 10.2. The molecule has 6 heteroatoms. The van der Waals surface area contributed by atoms with Crippen molar-refractivity contribution in [2.24, 2.45) is 0 Å². The number of esters is 1. The van der Waals surface area contributed by atoms with E-state index in [0.717, 1.165) is 11.4 Å². The Morgan fingerprint density at radius 1 is 1.43 bits per heavy atom. The molecule has 0 aliphatic rings. The lowest BCUT2D eigenvalue weighted by molar-refractivity contribution is -0.141. The first-order chi connectivity index (χ1) is 10.0. The highest BCUT2D eigenvalue weighted by molar-refractivity contribution is 6.30. The summed E-state index contributed by atoms with van der Waals surface area (Å²) in [4.78, 5) is 16.2. The number of nitrogens with zero attached hydrogens (tertiary/aromatic N) is 2. The highest BCUT2D eigenvalue weighted by atomic mass is 35.5. The largest absolute Gasteiger partial charge is 0.467 e. The molecule has 1 aromatic carbocycles. The van der Waals surface area contributed by atoms with E-state index in [1.807, 2.05) is 30.5 Å². The molecule has 5 nitrogen and oxygen atoms in total. The lowest BCUT2D eigenvalue weighted by Crippen LogP contribution is -2.25. The Balaban J connectivity index is 2.35. The van der Waals surface area contributed by atoms with Crippen molar-refractivity contribution in [3.63, 3.8) is 0 Å². The molecule has 2 rings (SSSR count). The zero-order chi connectivity index (χ0) is 15.4. The number of anilines is 1. The van der Waals surface area contributed by atoms with Crippen LogP contribution >= 0.6 is 11.6 Å². The molecule has 112 valence electrons. The summed E-state index contributed by atoms with van der Waals surface area (Å²) in [7, 11) is 1.37. The van der Waals surface area contributed by atoms with Gasteiger partial charge in [-0.25, -0.2) is 9.78 Å². The quantitative estimate of drug-likeness (QED) is 0.860. The fourth-order valence-corrected chi connectivity index (χ4v) is 2.28. The Morgan fingerprint density at radius 3 is 2.81 bits per heavy atom. The van der Waals surface area contributed by atoms with Crippen molar-refractivity contribution in [2.75, 3.05) is 12.4 Å². The maximum atomic E-state index is 12.1. The highest BCUT2D eigenvalue weighted by Crippen LogP contribution is 2.24. The van der Waals surface area contributed by atoms with Crippen molar-refractivity contribution >= 4 is 23.3 Å². The summed E-state index contributed by atoms with van der Waals surface area (Å²) in [6.07, 6.45) is 3.37. The van der Waals surface area contributed by atoms with E-state index >= 15 is 0 Å². The number of nitrogens with one attached hydrogen (secondary N) is 1. The lowest BCUT2D eigenvalue weighted by Gasteiger charge is -2.21. The fraction of sp³-hybridized carbons (Fsp3) is 0.333. The van der Waals surface area contributed by atoms with E-state index in [9.17, 15) is 4.79 Å². The third-order valence-electron chi connectivity index (χ3n) is 3.12. The molecule has 0 aliphatic heterocycles. The molecular formula is C15H18ClN3O2. The van der Waals surface area contributed by atoms with Crippen LogP contribution in [-0.4, -0.2) is 22.6 Å². The van der Waals surface area contributed by atoms with E-state index in [-0.39, 0.29) is 12.0 Å². The number of imidazole rings is 1. The molecule has 1 unspecified atom stereocenters. The minimum atomic E-state index is -0.640. The number of benzene rings is 1. The predicted molar refractivity (Wildman–Crippen MR) is 82.4 cm³/mol. The van der Waals surface area contributed by atoms with Crippen molar-refractivity contribution in [1.29, 1.82) is 0 Å².